The van der Waals surface area contributed by atoms with Crippen molar-refractivity contribution in [2.75, 3.05) is 44.4 Å². The molecule has 7 nitrogen and oxygen atoms in total. The molecule has 1 aliphatic heterocycles. The van der Waals surface area contributed by atoms with E-state index in [2.05, 4.69) is 45.6 Å². The van der Waals surface area contributed by atoms with Crippen LogP contribution in [0.4, 0.5) is 11.9 Å². The monoisotopic (exact) mass is 252 g/mol. The van der Waals surface area contributed by atoms with Gasteiger partial charge >= 0.3 is 6.01 Å². The lowest BCUT2D eigenvalue weighted by atomic mass is 10.0. The first-order valence-electron chi connectivity index (χ1n) is 5.94. The number of anilines is 2. The largest absolute Gasteiger partial charge is 0.467 e. The van der Waals surface area contributed by atoms with E-state index in [9.17, 15) is 0 Å². The molecule has 2 heterocycles. The average Bonchev–Trinajstić information content (AvgIpc) is 2.31. The smallest absolute Gasteiger partial charge is 0.322 e. The van der Waals surface area contributed by atoms with Gasteiger partial charge in [-0.3, -0.25) is 4.90 Å². The Labute approximate surface area is 107 Å². The summed E-state index contributed by atoms with van der Waals surface area (Å²) >= 11 is 0. The molecule has 1 aromatic rings. The molecular formula is C11H20N6O. The standard InChI is InChI=1S/C11H20N6O/c1-11(2)7-17(6-5-16(11)3)9-13-8(12)14-10(15-9)18-4/h5-7H2,1-4H3,(H2,12,13,14,15). The average molecular weight is 252 g/mol. The summed E-state index contributed by atoms with van der Waals surface area (Å²) in [6.45, 7) is 7.06. The molecule has 1 aliphatic rings. The third-order valence-electron chi connectivity index (χ3n) is 3.40. The van der Waals surface area contributed by atoms with Crippen LogP contribution in [-0.4, -0.2) is 59.2 Å². The Kier molecular flexibility index (Phi) is 3.25. The predicted octanol–water partition coefficient (Wildman–Crippen LogP) is -0.00720. The molecule has 1 fully saturated rings. The fourth-order valence-corrected chi connectivity index (χ4v) is 2.00. The Morgan fingerprint density at radius 1 is 1.22 bits per heavy atom. The molecule has 0 atom stereocenters. The number of aromatic nitrogens is 3. The second-order valence-electron chi connectivity index (χ2n) is 5.14. The number of likely N-dealkylation sites (N-methyl/N-ethyl adjacent to an activating group) is 1. The Morgan fingerprint density at radius 3 is 2.56 bits per heavy atom. The van der Waals surface area contributed by atoms with E-state index in [-0.39, 0.29) is 17.5 Å². The highest BCUT2D eigenvalue weighted by molar-refractivity contribution is 5.37. The highest BCUT2D eigenvalue weighted by Gasteiger charge is 2.32. The summed E-state index contributed by atoms with van der Waals surface area (Å²) in [6, 6.07) is 0.259. The minimum Gasteiger partial charge on any atom is -0.467 e. The van der Waals surface area contributed by atoms with Crippen LogP contribution in [0.25, 0.3) is 0 Å². The molecule has 1 aromatic heterocycles. The first-order valence-corrected chi connectivity index (χ1v) is 5.94. The van der Waals surface area contributed by atoms with E-state index in [1.54, 1.807) is 0 Å². The molecule has 7 heteroatoms. The lowest BCUT2D eigenvalue weighted by Gasteiger charge is -2.45. The van der Waals surface area contributed by atoms with Gasteiger partial charge in [0, 0.05) is 25.2 Å². The number of hydrogen-bond donors (Lipinski definition) is 1. The van der Waals surface area contributed by atoms with Gasteiger partial charge in [-0.15, -0.1) is 0 Å². The minimum atomic E-state index is 0.0763. The van der Waals surface area contributed by atoms with Gasteiger partial charge in [-0.1, -0.05) is 0 Å². The van der Waals surface area contributed by atoms with Crippen molar-refractivity contribution < 1.29 is 4.74 Å². The Bertz CT molecular complexity index is 436. The zero-order valence-corrected chi connectivity index (χ0v) is 11.3. The molecule has 0 unspecified atom stereocenters. The quantitative estimate of drug-likeness (QED) is 0.793. The number of nitrogens with zero attached hydrogens (tertiary/aromatic N) is 5. The zero-order valence-electron chi connectivity index (χ0n) is 11.3. The first-order chi connectivity index (χ1) is 8.42. The summed E-state index contributed by atoms with van der Waals surface area (Å²) in [6.07, 6.45) is 0. The van der Waals surface area contributed by atoms with E-state index < -0.39 is 0 Å². The maximum absolute atomic E-state index is 5.66. The van der Waals surface area contributed by atoms with Gasteiger partial charge in [-0.05, 0) is 20.9 Å². The molecule has 2 N–H and O–H groups in total. The third kappa shape index (κ3) is 2.45. The Hall–Kier alpha value is -1.63. The summed E-state index contributed by atoms with van der Waals surface area (Å²) in [5, 5.41) is 0. The molecule has 0 aromatic carbocycles. The van der Waals surface area contributed by atoms with E-state index in [0.717, 1.165) is 19.6 Å². The summed E-state index contributed by atoms with van der Waals surface area (Å²) in [5.41, 5.74) is 5.73. The van der Waals surface area contributed by atoms with E-state index in [1.165, 1.54) is 7.11 Å². The maximum Gasteiger partial charge on any atom is 0.322 e. The molecule has 0 spiro atoms. The van der Waals surface area contributed by atoms with Gasteiger partial charge < -0.3 is 15.4 Å². The summed E-state index contributed by atoms with van der Waals surface area (Å²) in [5.74, 6) is 0.772. The van der Waals surface area contributed by atoms with Crippen LogP contribution in [0.2, 0.25) is 0 Å². The molecule has 0 radical (unpaired) electrons. The first kappa shape index (κ1) is 12.8. The molecule has 0 aliphatic carbocycles. The van der Waals surface area contributed by atoms with Crippen LogP contribution in [0.15, 0.2) is 0 Å². The second kappa shape index (κ2) is 4.56. The van der Waals surface area contributed by atoms with Gasteiger partial charge in [0.15, 0.2) is 0 Å². The van der Waals surface area contributed by atoms with Crippen molar-refractivity contribution in [3.05, 3.63) is 0 Å². The summed E-state index contributed by atoms with van der Waals surface area (Å²) in [7, 11) is 3.65. The molecule has 0 bridgehead atoms. The zero-order chi connectivity index (χ0) is 13.3. The Morgan fingerprint density at radius 2 is 1.94 bits per heavy atom. The van der Waals surface area contributed by atoms with Crippen molar-refractivity contribution in [2.45, 2.75) is 19.4 Å². The number of hydrogen-bond acceptors (Lipinski definition) is 7. The predicted molar refractivity (Wildman–Crippen MR) is 69.7 cm³/mol. The normalized spacial score (nSPS) is 19.9. The van der Waals surface area contributed by atoms with Crippen molar-refractivity contribution in [2.24, 2.45) is 0 Å². The third-order valence-corrected chi connectivity index (χ3v) is 3.40. The molecule has 1 saturated heterocycles. The van der Waals surface area contributed by atoms with E-state index >= 15 is 0 Å². The van der Waals surface area contributed by atoms with Crippen LogP contribution < -0.4 is 15.4 Å². The van der Waals surface area contributed by atoms with Gasteiger partial charge in [0.25, 0.3) is 0 Å². The van der Waals surface area contributed by atoms with E-state index in [1.807, 2.05) is 0 Å². The van der Waals surface area contributed by atoms with Crippen LogP contribution in [0.3, 0.4) is 0 Å². The fraction of sp³-hybridized carbons (Fsp3) is 0.727. The lowest BCUT2D eigenvalue weighted by Crippen LogP contribution is -2.58. The van der Waals surface area contributed by atoms with Gasteiger partial charge in [0.2, 0.25) is 11.9 Å². The van der Waals surface area contributed by atoms with Crippen molar-refractivity contribution in [1.82, 2.24) is 19.9 Å². The van der Waals surface area contributed by atoms with Crippen molar-refractivity contribution in [1.29, 1.82) is 0 Å². The van der Waals surface area contributed by atoms with Crippen LogP contribution in [0.5, 0.6) is 6.01 Å². The topological polar surface area (TPSA) is 80.4 Å². The number of ether oxygens (including phenoxy) is 1. The van der Waals surface area contributed by atoms with Gasteiger partial charge in [0.1, 0.15) is 0 Å². The van der Waals surface area contributed by atoms with E-state index in [4.69, 9.17) is 10.5 Å². The van der Waals surface area contributed by atoms with Crippen LogP contribution in [0.1, 0.15) is 13.8 Å². The molecule has 2 rings (SSSR count). The van der Waals surface area contributed by atoms with Crippen LogP contribution >= 0.6 is 0 Å². The van der Waals surface area contributed by atoms with Gasteiger partial charge in [-0.25, -0.2) is 0 Å². The second-order valence-corrected chi connectivity index (χ2v) is 5.14. The highest BCUT2D eigenvalue weighted by atomic mass is 16.5. The van der Waals surface area contributed by atoms with Crippen LogP contribution in [0, 0.1) is 0 Å². The molecular weight excluding hydrogens is 232 g/mol. The number of rotatable bonds is 2. The fourth-order valence-electron chi connectivity index (χ4n) is 2.00. The molecule has 0 saturated carbocycles. The van der Waals surface area contributed by atoms with E-state index in [0.29, 0.717) is 5.95 Å². The molecule has 18 heavy (non-hydrogen) atoms. The highest BCUT2D eigenvalue weighted by Crippen LogP contribution is 2.23. The number of piperazine rings is 1. The van der Waals surface area contributed by atoms with Crippen molar-refractivity contribution >= 4 is 11.9 Å². The lowest BCUT2D eigenvalue weighted by molar-refractivity contribution is 0.138. The van der Waals surface area contributed by atoms with Crippen molar-refractivity contribution in [3.63, 3.8) is 0 Å². The van der Waals surface area contributed by atoms with Gasteiger partial charge in [-0.2, -0.15) is 15.0 Å². The maximum atomic E-state index is 5.66. The summed E-state index contributed by atoms with van der Waals surface area (Å²) in [4.78, 5) is 16.8. The number of methoxy groups -OCH3 is 1. The van der Waals surface area contributed by atoms with Gasteiger partial charge in [0.05, 0.1) is 7.11 Å². The summed E-state index contributed by atoms with van der Waals surface area (Å²) < 4.78 is 5.02. The molecule has 100 valence electrons. The van der Waals surface area contributed by atoms with Crippen molar-refractivity contribution in [3.8, 4) is 6.01 Å². The van der Waals surface area contributed by atoms with Crippen LogP contribution in [-0.2, 0) is 0 Å². The Balaban J connectivity index is 2.24. The number of nitrogens with two attached hydrogens (primary N) is 1. The molecule has 0 amide bonds. The number of nitrogen functional groups attached to an aromatic ring is 1. The minimum absolute atomic E-state index is 0.0763. The SMILES string of the molecule is COc1nc(N)nc(N2CCN(C)C(C)(C)C2)n1.